The molecule has 1 N–H and O–H groups in total. The summed E-state index contributed by atoms with van der Waals surface area (Å²) in [6.45, 7) is 7.62. The Bertz CT molecular complexity index is 1210. The van der Waals surface area contributed by atoms with E-state index < -0.39 is 0 Å². The highest BCUT2D eigenvalue weighted by atomic mass is 32.2. The van der Waals surface area contributed by atoms with Crippen molar-refractivity contribution in [1.29, 1.82) is 0 Å². The summed E-state index contributed by atoms with van der Waals surface area (Å²) in [6.07, 6.45) is 1.85. The van der Waals surface area contributed by atoms with E-state index in [0.717, 1.165) is 38.8 Å². The van der Waals surface area contributed by atoms with Gasteiger partial charge in [-0.25, -0.2) is 4.98 Å². The zero-order chi connectivity index (χ0) is 21.1. The van der Waals surface area contributed by atoms with Gasteiger partial charge in [-0.2, -0.15) is 0 Å². The van der Waals surface area contributed by atoms with Crippen LogP contribution in [0.25, 0.3) is 21.5 Å². The third-order valence-corrected chi connectivity index (χ3v) is 7.05. The van der Waals surface area contributed by atoms with Crippen molar-refractivity contribution in [2.24, 2.45) is 0 Å². The number of pyridine rings is 1. The molecule has 4 aromatic rings. The predicted molar refractivity (Wildman–Crippen MR) is 126 cm³/mol. The van der Waals surface area contributed by atoms with Crippen LogP contribution in [0.1, 0.15) is 16.1 Å². The molecule has 2 heterocycles. The van der Waals surface area contributed by atoms with Gasteiger partial charge in [0.2, 0.25) is 0 Å². The molecule has 0 aliphatic heterocycles. The first-order chi connectivity index (χ1) is 14.5. The predicted octanol–water partition coefficient (Wildman–Crippen LogP) is 6.72. The van der Waals surface area contributed by atoms with Crippen LogP contribution in [0.3, 0.4) is 0 Å². The topological polar surface area (TPSA) is 55.2 Å². The number of hydrogen-bond acceptors (Lipinski definition) is 6. The van der Waals surface area contributed by atoms with Gasteiger partial charge in [0.25, 0.3) is 0 Å². The Morgan fingerprint density at radius 1 is 1.17 bits per heavy atom. The van der Waals surface area contributed by atoms with Gasteiger partial charge < -0.3 is 9.84 Å². The van der Waals surface area contributed by atoms with Crippen LogP contribution in [0, 0.1) is 13.8 Å². The molecule has 152 valence electrons. The highest BCUT2D eigenvalue weighted by Crippen LogP contribution is 2.35. The SMILES string of the molecule is C=C(O)COc1ccc(SCc2sc(-c3nccc4ccccc34)nc2C)cc1C. The molecule has 0 fully saturated rings. The Balaban J connectivity index is 1.51. The van der Waals surface area contributed by atoms with Crippen molar-refractivity contribution in [3.63, 3.8) is 0 Å². The zero-order valence-electron chi connectivity index (χ0n) is 16.9. The molecule has 0 unspecified atom stereocenters. The third-order valence-electron chi connectivity index (χ3n) is 4.68. The molecule has 0 saturated carbocycles. The normalized spacial score (nSPS) is 11.0. The fraction of sp³-hybridized carbons (Fsp3) is 0.167. The number of aromatic nitrogens is 2. The van der Waals surface area contributed by atoms with Crippen LogP contribution >= 0.6 is 23.1 Å². The molecular formula is C24H22N2O2S2. The smallest absolute Gasteiger partial charge is 0.144 e. The van der Waals surface area contributed by atoms with E-state index in [9.17, 15) is 5.11 Å². The minimum atomic E-state index is 0.0185. The molecule has 0 spiro atoms. The van der Waals surface area contributed by atoms with Crippen molar-refractivity contribution in [2.45, 2.75) is 24.5 Å². The second-order valence-electron chi connectivity index (χ2n) is 6.98. The second-order valence-corrected chi connectivity index (χ2v) is 9.11. The van der Waals surface area contributed by atoms with Crippen LogP contribution < -0.4 is 4.74 Å². The standard InChI is InChI=1S/C24H22N2O2S2/c1-15-12-19(8-9-21(15)28-13-16(2)27)29-14-22-17(3)26-24(30-22)23-20-7-5-4-6-18(20)10-11-25-23/h4-12,27H,2,13-14H2,1,3H3. The third kappa shape index (κ3) is 4.50. The molecule has 2 aromatic heterocycles. The van der Waals surface area contributed by atoms with Crippen LogP contribution in [0.2, 0.25) is 0 Å². The minimum Gasteiger partial charge on any atom is -0.509 e. The number of aliphatic hydroxyl groups is 1. The van der Waals surface area contributed by atoms with Crippen LogP contribution in [0.15, 0.2) is 72.0 Å². The van der Waals surface area contributed by atoms with E-state index in [1.165, 1.54) is 15.2 Å². The molecular weight excluding hydrogens is 412 g/mol. The van der Waals surface area contributed by atoms with Crippen molar-refractivity contribution in [2.75, 3.05) is 6.61 Å². The Morgan fingerprint density at radius 3 is 2.80 bits per heavy atom. The van der Waals surface area contributed by atoms with E-state index in [4.69, 9.17) is 9.72 Å². The second kappa shape index (κ2) is 8.90. The number of nitrogens with zero attached hydrogens (tertiary/aromatic N) is 2. The number of rotatable bonds is 7. The highest BCUT2D eigenvalue weighted by molar-refractivity contribution is 7.98. The average Bonchev–Trinajstić information content (AvgIpc) is 3.11. The lowest BCUT2D eigenvalue weighted by molar-refractivity contribution is 0.271. The number of thiazole rings is 1. The van der Waals surface area contributed by atoms with Crippen LogP contribution in [0.4, 0.5) is 0 Å². The summed E-state index contributed by atoms with van der Waals surface area (Å²) in [4.78, 5) is 11.8. The molecule has 0 radical (unpaired) electrons. The van der Waals surface area contributed by atoms with Crippen LogP contribution in [-0.4, -0.2) is 21.7 Å². The minimum absolute atomic E-state index is 0.0185. The van der Waals surface area contributed by atoms with E-state index in [1.54, 1.807) is 23.1 Å². The summed E-state index contributed by atoms with van der Waals surface area (Å²) >= 11 is 3.48. The molecule has 6 heteroatoms. The number of aliphatic hydroxyl groups excluding tert-OH is 1. The zero-order valence-corrected chi connectivity index (χ0v) is 18.5. The van der Waals surface area contributed by atoms with Gasteiger partial charge in [-0.05, 0) is 49.1 Å². The van der Waals surface area contributed by atoms with Gasteiger partial charge in [0.15, 0.2) is 0 Å². The first-order valence-electron chi connectivity index (χ1n) is 9.54. The van der Waals surface area contributed by atoms with Crippen molar-refractivity contribution < 1.29 is 9.84 Å². The number of fused-ring (bicyclic) bond motifs is 1. The van der Waals surface area contributed by atoms with Crippen molar-refractivity contribution >= 4 is 33.9 Å². The van der Waals surface area contributed by atoms with E-state index in [-0.39, 0.29) is 12.4 Å². The van der Waals surface area contributed by atoms with Gasteiger partial charge in [-0.1, -0.05) is 30.8 Å². The molecule has 0 atom stereocenters. The monoisotopic (exact) mass is 434 g/mol. The lowest BCUT2D eigenvalue weighted by atomic mass is 10.1. The molecule has 0 aliphatic carbocycles. The molecule has 30 heavy (non-hydrogen) atoms. The average molecular weight is 435 g/mol. The summed E-state index contributed by atoms with van der Waals surface area (Å²) in [5.74, 6) is 1.62. The largest absolute Gasteiger partial charge is 0.509 e. The first-order valence-corrected chi connectivity index (χ1v) is 11.3. The van der Waals surface area contributed by atoms with Gasteiger partial charge in [-0.3, -0.25) is 4.98 Å². The lowest BCUT2D eigenvalue weighted by Gasteiger charge is -2.10. The van der Waals surface area contributed by atoms with Gasteiger partial charge in [-0.15, -0.1) is 23.1 Å². The fourth-order valence-electron chi connectivity index (χ4n) is 3.14. The van der Waals surface area contributed by atoms with E-state index >= 15 is 0 Å². The maximum atomic E-state index is 9.21. The Labute approximate surface area is 184 Å². The highest BCUT2D eigenvalue weighted by Gasteiger charge is 2.14. The number of hydrogen-bond donors (Lipinski definition) is 1. The molecule has 2 aromatic carbocycles. The van der Waals surface area contributed by atoms with Crippen molar-refractivity contribution in [3.05, 3.63) is 83.2 Å². The number of ether oxygens (including phenoxy) is 1. The Kier molecular flexibility index (Phi) is 6.06. The fourth-order valence-corrected chi connectivity index (χ4v) is 5.35. The van der Waals surface area contributed by atoms with Crippen molar-refractivity contribution in [3.8, 4) is 16.5 Å². The first kappa shape index (κ1) is 20.4. The summed E-state index contributed by atoms with van der Waals surface area (Å²) in [5.41, 5.74) is 3.03. The molecule has 0 aliphatic rings. The van der Waals surface area contributed by atoms with Gasteiger partial charge in [0, 0.05) is 27.1 Å². The van der Waals surface area contributed by atoms with E-state index in [2.05, 4.69) is 36.7 Å². The lowest BCUT2D eigenvalue weighted by Crippen LogP contribution is -2.00. The number of aryl methyl sites for hydroxylation is 2. The van der Waals surface area contributed by atoms with Gasteiger partial charge in [0.1, 0.15) is 28.8 Å². The summed E-state index contributed by atoms with van der Waals surface area (Å²) in [5, 5.41) is 12.5. The molecule has 4 rings (SSSR count). The van der Waals surface area contributed by atoms with E-state index in [0.29, 0.717) is 0 Å². The van der Waals surface area contributed by atoms with Crippen molar-refractivity contribution in [1.82, 2.24) is 9.97 Å². The Morgan fingerprint density at radius 2 is 2.00 bits per heavy atom. The van der Waals surface area contributed by atoms with Crippen LogP contribution in [0.5, 0.6) is 5.75 Å². The maximum Gasteiger partial charge on any atom is 0.144 e. The van der Waals surface area contributed by atoms with Gasteiger partial charge in [0.05, 0.1) is 5.69 Å². The summed E-state index contributed by atoms with van der Waals surface area (Å²) < 4.78 is 5.55. The van der Waals surface area contributed by atoms with Crippen LogP contribution in [-0.2, 0) is 5.75 Å². The quantitative estimate of drug-likeness (QED) is 0.258. The molecule has 0 amide bonds. The summed E-state index contributed by atoms with van der Waals surface area (Å²) in [6, 6.07) is 16.4. The molecule has 0 saturated heterocycles. The van der Waals surface area contributed by atoms with E-state index in [1.807, 2.05) is 43.5 Å². The molecule has 0 bridgehead atoms. The maximum absolute atomic E-state index is 9.21. The number of benzene rings is 2. The summed E-state index contributed by atoms with van der Waals surface area (Å²) in [7, 11) is 0. The van der Waals surface area contributed by atoms with Gasteiger partial charge >= 0.3 is 0 Å². The molecule has 4 nitrogen and oxygen atoms in total. The number of thioether (sulfide) groups is 1. The Hall–Kier alpha value is -2.83.